The average Bonchev–Trinajstić information content (AvgIpc) is 2.08. The molecule has 1 rings (SSSR count). The van der Waals surface area contributed by atoms with Gasteiger partial charge in [-0.15, -0.1) is 0 Å². The number of nitrogens with one attached hydrogen (secondary N) is 1. The van der Waals surface area contributed by atoms with Crippen LogP contribution in [0.3, 0.4) is 0 Å². The van der Waals surface area contributed by atoms with Crippen molar-refractivity contribution in [3.8, 4) is 0 Å². The summed E-state index contributed by atoms with van der Waals surface area (Å²) in [4.78, 5) is 2.58. The van der Waals surface area contributed by atoms with E-state index in [1.54, 1.807) is 0 Å². The van der Waals surface area contributed by atoms with Crippen LogP contribution in [0.25, 0.3) is 0 Å². The first kappa shape index (κ1) is 10.4. The van der Waals surface area contributed by atoms with E-state index in [1.165, 1.54) is 18.8 Å². The van der Waals surface area contributed by atoms with Crippen molar-refractivity contribution in [3.63, 3.8) is 0 Å². The van der Waals surface area contributed by atoms with Crippen LogP contribution >= 0.6 is 11.8 Å². The van der Waals surface area contributed by atoms with Gasteiger partial charge in [0.2, 0.25) is 0 Å². The highest BCUT2D eigenvalue weighted by molar-refractivity contribution is 7.98. The van der Waals surface area contributed by atoms with Crippen molar-refractivity contribution in [1.82, 2.24) is 10.2 Å². The molecule has 0 saturated carbocycles. The third-order valence-electron chi connectivity index (χ3n) is 2.75. The Hall–Kier alpha value is 0.270. The Morgan fingerprint density at radius 2 is 2.25 bits per heavy atom. The van der Waals surface area contributed by atoms with E-state index in [2.05, 4.69) is 30.3 Å². The summed E-state index contributed by atoms with van der Waals surface area (Å²) in [5, 5.41) is 3.49. The van der Waals surface area contributed by atoms with Crippen LogP contribution in [-0.4, -0.2) is 48.6 Å². The van der Waals surface area contributed by atoms with E-state index in [4.69, 9.17) is 0 Å². The first-order chi connectivity index (χ1) is 5.75. The van der Waals surface area contributed by atoms with E-state index in [-0.39, 0.29) is 0 Å². The number of rotatable bonds is 3. The maximum atomic E-state index is 3.49. The van der Waals surface area contributed by atoms with Gasteiger partial charge in [0.05, 0.1) is 0 Å². The SMILES string of the molecule is CSCCN1CCNC(C)C1C. The van der Waals surface area contributed by atoms with Gasteiger partial charge in [-0.2, -0.15) is 11.8 Å². The minimum atomic E-state index is 0.653. The Balaban J connectivity index is 2.30. The van der Waals surface area contributed by atoms with Crippen molar-refractivity contribution in [2.24, 2.45) is 0 Å². The maximum absolute atomic E-state index is 3.49. The molecule has 0 aromatic carbocycles. The smallest absolute Gasteiger partial charge is 0.0219 e. The van der Waals surface area contributed by atoms with E-state index in [0.29, 0.717) is 12.1 Å². The lowest BCUT2D eigenvalue weighted by Gasteiger charge is -2.38. The van der Waals surface area contributed by atoms with E-state index < -0.39 is 0 Å². The lowest BCUT2D eigenvalue weighted by Crippen LogP contribution is -2.55. The van der Waals surface area contributed by atoms with Crippen molar-refractivity contribution in [3.05, 3.63) is 0 Å². The fourth-order valence-electron chi connectivity index (χ4n) is 1.65. The zero-order valence-electron chi connectivity index (χ0n) is 8.34. The fraction of sp³-hybridized carbons (Fsp3) is 1.00. The Morgan fingerprint density at radius 1 is 1.50 bits per heavy atom. The van der Waals surface area contributed by atoms with Crippen molar-refractivity contribution in [1.29, 1.82) is 0 Å². The van der Waals surface area contributed by atoms with Gasteiger partial charge < -0.3 is 5.32 Å². The largest absolute Gasteiger partial charge is 0.311 e. The highest BCUT2D eigenvalue weighted by Gasteiger charge is 2.22. The minimum Gasteiger partial charge on any atom is -0.311 e. The first-order valence-electron chi connectivity index (χ1n) is 4.72. The highest BCUT2D eigenvalue weighted by atomic mass is 32.2. The molecule has 0 aromatic heterocycles. The standard InChI is InChI=1S/C9H20N2S/c1-8-9(2)11(5-4-10-8)6-7-12-3/h8-10H,4-7H2,1-3H3. The molecule has 0 radical (unpaired) electrons. The van der Waals surface area contributed by atoms with Gasteiger partial charge in [0.1, 0.15) is 0 Å². The van der Waals surface area contributed by atoms with Crippen molar-refractivity contribution >= 4 is 11.8 Å². The monoisotopic (exact) mass is 188 g/mol. The molecule has 2 nitrogen and oxygen atoms in total. The number of piperazine rings is 1. The molecule has 1 saturated heterocycles. The van der Waals surface area contributed by atoms with Gasteiger partial charge in [-0.25, -0.2) is 0 Å². The normalized spacial score (nSPS) is 32.2. The molecule has 0 aromatic rings. The number of thioether (sulfide) groups is 1. The summed E-state index contributed by atoms with van der Waals surface area (Å²) < 4.78 is 0. The summed E-state index contributed by atoms with van der Waals surface area (Å²) in [6.45, 7) is 8.20. The number of hydrogen-bond donors (Lipinski definition) is 1. The summed E-state index contributed by atoms with van der Waals surface area (Å²) in [5.74, 6) is 1.26. The lowest BCUT2D eigenvalue weighted by atomic mass is 10.1. The van der Waals surface area contributed by atoms with Gasteiger partial charge in [0, 0.05) is 37.5 Å². The average molecular weight is 188 g/mol. The molecule has 2 unspecified atom stereocenters. The summed E-state index contributed by atoms with van der Waals surface area (Å²) in [6, 6.07) is 1.35. The summed E-state index contributed by atoms with van der Waals surface area (Å²) in [5.41, 5.74) is 0. The molecule has 2 atom stereocenters. The van der Waals surface area contributed by atoms with Crippen LogP contribution < -0.4 is 5.32 Å². The Bertz CT molecular complexity index is 130. The zero-order valence-corrected chi connectivity index (χ0v) is 9.16. The van der Waals surface area contributed by atoms with E-state index in [9.17, 15) is 0 Å². The third kappa shape index (κ3) is 2.64. The first-order valence-corrected chi connectivity index (χ1v) is 6.11. The predicted octanol–water partition coefficient (Wildman–Crippen LogP) is 1.03. The zero-order chi connectivity index (χ0) is 8.97. The van der Waals surface area contributed by atoms with Crippen LogP contribution in [0, 0.1) is 0 Å². The molecule has 0 aliphatic carbocycles. The van der Waals surface area contributed by atoms with Crippen LogP contribution in [0.15, 0.2) is 0 Å². The van der Waals surface area contributed by atoms with E-state index >= 15 is 0 Å². The second-order valence-corrected chi connectivity index (χ2v) is 4.50. The molecule has 1 aliphatic heterocycles. The lowest BCUT2D eigenvalue weighted by molar-refractivity contribution is 0.147. The second kappa shape index (κ2) is 5.10. The molecule has 1 heterocycles. The van der Waals surface area contributed by atoms with Gasteiger partial charge in [0.15, 0.2) is 0 Å². The van der Waals surface area contributed by atoms with Gasteiger partial charge in [-0.3, -0.25) is 4.90 Å². The van der Waals surface area contributed by atoms with E-state index in [1.807, 2.05) is 11.8 Å². The molecule has 1 fully saturated rings. The van der Waals surface area contributed by atoms with Crippen LogP contribution in [0.2, 0.25) is 0 Å². The fourth-order valence-corrected chi connectivity index (χ4v) is 2.07. The third-order valence-corrected chi connectivity index (χ3v) is 3.34. The Labute approximate surface area is 80.1 Å². The van der Waals surface area contributed by atoms with Crippen molar-refractivity contribution < 1.29 is 0 Å². The molecule has 0 amide bonds. The van der Waals surface area contributed by atoms with Gasteiger partial charge in [-0.05, 0) is 20.1 Å². The van der Waals surface area contributed by atoms with Crippen LogP contribution in [0.4, 0.5) is 0 Å². The molecular weight excluding hydrogens is 168 g/mol. The molecular formula is C9H20N2S. The Morgan fingerprint density at radius 3 is 2.92 bits per heavy atom. The van der Waals surface area contributed by atoms with Crippen molar-refractivity contribution in [2.45, 2.75) is 25.9 Å². The molecule has 1 N–H and O–H groups in total. The van der Waals surface area contributed by atoms with Crippen molar-refractivity contribution in [2.75, 3.05) is 31.6 Å². The summed E-state index contributed by atoms with van der Waals surface area (Å²) in [7, 11) is 0. The maximum Gasteiger partial charge on any atom is 0.0219 e. The topological polar surface area (TPSA) is 15.3 Å². The molecule has 0 bridgehead atoms. The predicted molar refractivity (Wildman–Crippen MR) is 56.9 cm³/mol. The quantitative estimate of drug-likeness (QED) is 0.712. The van der Waals surface area contributed by atoms with E-state index in [0.717, 1.165) is 6.54 Å². The van der Waals surface area contributed by atoms with Crippen LogP contribution in [0.5, 0.6) is 0 Å². The van der Waals surface area contributed by atoms with Gasteiger partial charge in [-0.1, -0.05) is 0 Å². The number of hydrogen-bond acceptors (Lipinski definition) is 3. The molecule has 1 aliphatic rings. The second-order valence-electron chi connectivity index (χ2n) is 3.51. The Kier molecular flexibility index (Phi) is 4.40. The number of nitrogens with zero attached hydrogens (tertiary/aromatic N) is 1. The molecule has 0 spiro atoms. The van der Waals surface area contributed by atoms with Crippen LogP contribution in [-0.2, 0) is 0 Å². The molecule has 72 valence electrons. The highest BCUT2D eigenvalue weighted by Crippen LogP contribution is 2.09. The molecule has 12 heavy (non-hydrogen) atoms. The molecule has 3 heteroatoms. The summed E-state index contributed by atoms with van der Waals surface area (Å²) in [6.07, 6.45) is 2.18. The van der Waals surface area contributed by atoms with Gasteiger partial charge >= 0.3 is 0 Å². The minimum absolute atomic E-state index is 0.653. The van der Waals surface area contributed by atoms with Crippen LogP contribution in [0.1, 0.15) is 13.8 Å². The summed E-state index contributed by atoms with van der Waals surface area (Å²) >= 11 is 1.94. The van der Waals surface area contributed by atoms with Gasteiger partial charge in [0.25, 0.3) is 0 Å².